The monoisotopic (exact) mass is 471 g/mol. The molecule has 0 bridgehead atoms. The highest BCUT2D eigenvalue weighted by Crippen LogP contribution is 2.32. The number of fused-ring (bicyclic) bond motifs is 1. The number of carboxylic acid groups (broad SMARTS) is 1. The summed E-state index contributed by atoms with van der Waals surface area (Å²) in [5.74, 6) is -1.10. The molecule has 2 aromatic carbocycles. The van der Waals surface area contributed by atoms with Gasteiger partial charge in [-0.2, -0.15) is 0 Å². The van der Waals surface area contributed by atoms with Crippen LogP contribution in [0.2, 0.25) is 0 Å². The Labute approximate surface area is 196 Å². The van der Waals surface area contributed by atoms with Gasteiger partial charge >= 0.3 is 5.97 Å². The van der Waals surface area contributed by atoms with Gasteiger partial charge in [0.2, 0.25) is 0 Å². The SMILES string of the molecule is O=C(O)c1c(NS(=O)(=O)c2ccccc2NCCN2CCCCC2)ccc2c1CCCCC2. The molecule has 7 nitrogen and oxygen atoms in total. The predicted molar refractivity (Wildman–Crippen MR) is 131 cm³/mol. The van der Waals surface area contributed by atoms with Crippen LogP contribution in [0.5, 0.6) is 0 Å². The molecule has 1 heterocycles. The molecule has 0 unspecified atom stereocenters. The molecule has 3 N–H and O–H groups in total. The second-order valence-corrected chi connectivity index (χ2v) is 10.6. The van der Waals surface area contributed by atoms with Crippen LogP contribution < -0.4 is 10.0 Å². The predicted octanol–water partition coefficient (Wildman–Crippen LogP) is 4.35. The standard InChI is InChI=1S/C25H33N3O4S/c29-25(30)24-20-10-4-1-3-9-19(20)13-14-22(24)27-33(31,32)23-12-6-5-11-21(23)26-15-18-28-16-7-2-8-17-28/h5-6,11-14,26-27H,1-4,7-10,15-18H2,(H,29,30). The third-order valence-electron chi connectivity index (χ3n) is 6.61. The molecular weight excluding hydrogens is 438 g/mol. The average Bonchev–Trinajstić information content (AvgIpc) is 3.05. The van der Waals surface area contributed by atoms with Crippen LogP contribution in [0.25, 0.3) is 0 Å². The number of likely N-dealkylation sites (tertiary alicyclic amines) is 1. The molecule has 1 saturated heterocycles. The van der Waals surface area contributed by atoms with Crippen molar-refractivity contribution in [3.63, 3.8) is 0 Å². The van der Waals surface area contributed by atoms with Gasteiger partial charge < -0.3 is 15.3 Å². The lowest BCUT2D eigenvalue weighted by molar-refractivity contribution is 0.0696. The normalized spacial score (nSPS) is 17.1. The Morgan fingerprint density at radius 2 is 1.64 bits per heavy atom. The first-order valence-corrected chi connectivity index (χ1v) is 13.4. The Hall–Kier alpha value is -2.58. The second-order valence-electron chi connectivity index (χ2n) is 8.92. The summed E-state index contributed by atoms with van der Waals surface area (Å²) in [6.45, 7) is 3.67. The Kier molecular flexibility index (Phi) is 7.55. The molecule has 1 aliphatic heterocycles. The number of hydrogen-bond donors (Lipinski definition) is 3. The molecule has 1 aliphatic carbocycles. The lowest BCUT2D eigenvalue weighted by Crippen LogP contribution is -2.33. The van der Waals surface area contributed by atoms with E-state index in [4.69, 9.17) is 0 Å². The minimum Gasteiger partial charge on any atom is -0.478 e. The average molecular weight is 472 g/mol. The van der Waals surface area contributed by atoms with Crippen LogP contribution in [0, 0.1) is 0 Å². The Balaban J connectivity index is 1.56. The van der Waals surface area contributed by atoms with Gasteiger partial charge in [0.15, 0.2) is 0 Å². The summed E-state index contributed by atoms with van der Waals surface area (Å²) in [6, 6.07) is 10.2. The van der Waals surface area contributed by atoms with Crippen molar-refractivity contribution in [2.75, 3.05) is 36.2 Å². The van der Waals surface area contributed by atoms with Gasteiger partial charge in [-0.15, -0.1) is 0 Å². The van der Waals surface area contributed by atoms with Gasteiger partial charge in [0.25, 0.3) is 10.0 Å². The van der Waals surface area contributed by atoms with Gasteiger partial charge in [-0.1, -0.05) is 31.0 Å². The van der Waals surface area contributed by atoms with E-state index in [1.165, 1.54) is 19.3 Å². The number of rotatable bonds is 8. The number of carbonyl (C=O) groups is 1. The van der Waals surface area contributed by atoms with Crippen molar-refractivity contribution in [1.29, 1.82) is 0 Å². The van der Waals surface area contributed by atoms with E-state index in [-0.39, 0.29) is 16.1 Å². The minimum atomic E-state index is -3.98. The largest absolute Gasteiger partial charge is 0.478 e. The number of anilines is 2. The topological polar surface area (TPSA) is 98.7 Å². The Morgan fingerprint density at radius 3 is 2.42 bits per heavy atom. The number of carboxylic acids is 1. The molecule has 1 fully saturated rings. The molecule has 0 amide bonds. The number of para-hydroxylation sites is 1. The number of nitrogens with one attached hydrogen (secondary N) is 2. The Bertz CT molecular complexity index is 1090. The summed E-state index contributed by atoms with van der Waals surface area (Å²) in [4.78, 5) is 14.6. The molecule has 0 atom stereocenters. The van der Waals surface area contributed by atoms with Gasteiger partial charge in [0, 0.05) is 13.1 Å². The van der Waals surface area contributed by atoms with Crippen LogP contribution in [-0.4, -0.2) is 50.6 Å². The van der Waals surface area contributed by atoms with Crippen LogP contribution in [-0.2, 0) is 22.9 Å². The number of aromatic carboxylic acids is 1. The quantitative estimate of drug-likeness (QED) is 0.495. The molecule has 178 valence electrons. The molecule has 8 heteroatoms. The van der Waals surface area contributed by atoms with Crippen molar-refractivity contribution in [3.05, 3.63) is 53.1 Å². The number of sulfonamides is 1. The zero-order valence-electron chi connectivity index (χ0n) is 19.0. The van der Waals surface area contributed by atoms with Crippen molar-refractivity contribution in [1.82, 2.24) is 4.90 Å². The van der Waals surface area contributed by atoms with Gasteiger partial charge in [-0.05, 0) is 80.9 Å². The number of benzene rings is 2. The van der Waals surface area contributed by atoms with Crippen molar-refractivity contribution in [2.24, 2.45) is 0 Å². The van der Waals surface area contributed by atoms with Crippen LogP contribution in [0.4, 0.5) is 11.4 Å². The van der Waals surface area contributed by atoms with Crippen molar-refractivity contribution in [3.8, 4) is 0 Å². The summed E-state index contributed by atoms with van der Waals surface area (Å²) in [7, 11) is -3.98. The summed E-state index contributed by atoms with van der Waals surface area (Å²) in [6.07, 6.45) is 8.15. The number of nitrogens with zero attached hydrogens (tertiary/aromatic N) is 1. The summed E-state index contributed by atoms with van der Waals surface area (Å²) in [5, 5.41) is 13.2. The molecule has 33 heavy (non-hydrogen) atoms. The first-order chi connectivity index (χ1) is 16.0. The third-order valence-corrected chi connectivity index (χ3v) is 8.03. The van der Waals surface area contributed by atoms with Gasteiger partial charge in [0.1, 0.15) is 4.90 Å². The molecule has 2 aliphatic rings. The second kappa shape index (κ2) is 10.6. The molecule has 4 rings (SSSR count). The van der Waals surface area contributed by atoms with Gasteiger partial charge in [0.05, 0.1) is 16.9 Å². The fraction of sp³-hybridized carbons (Fsp3) is 0.480. The highest BCUT2D eigenvalue weighted by atomic mass is 32.2. The first-order valence-electron chi connectivity index (χ1n) is 11.9. The maximum Gasteiger partial charge on any atom is 0.338 e. The summed E-state index contributed by atoms with van der Waals surface area (Å²) >= 11 is 0. The summed E-state index contributed by atoms with van der Waals surface area (Å²) < 4.78 is 29.3. The number of piperidine rings is 1. The van der Waals surface area contributed by atoms with E-state index in [1.54, 1.807) is 30.3 Å². The molecular formula is C25H33N3O4S. The first kappa shape index (κ1) is 23.6. The van der Waals surface area contributed by atoms with E-state index in [1.807, 2.05) is 6.07 Å². The van der Waals surface area contributed by atoms with E-state index in [9.17, 15) is 18.3 Å². The molecule has 2 aromatic rings. The third kappa shape index (κ3) is 5.68. The molecule has 0 saturated carbocycles. The Morgan fingerprint density at radius 1 is 0.909 bits per heavy atom. The number of aryl methyl sites for hydroxylation is 1. The summed E-state index contributed by atoms with van der Waals surface area (Å²) in [5.41, 5.74) is 2.49. The van der Waals surface area contributed by atoms with Gasteiger partial charge in [-0.3, -0.25) is 4.72 Å². The number of hydrogen-bond acceptors (Lipinski definition) is 5. The van der Waals surface area contributed by atoms with E-state index < -0.39 is 16.0 Å². The van der Waals surface area contributed by atoms with E-state index in [2.05, 4.69) is 14.9 Å². The fourth-order valence-electron chi connectivity index (χ4n) is 4.91. The van der Waals surface area contributed by atoms with Gasteiger partial charge in [-0.25, -0.2) is 13.2 Å². The van der Waals surface area contributed by atoms with Crippen molar-refractivity contribution < 1.29 is 18.3 Å². The van der Waals surface area contributed by atoms with Crippen LogP contribution in [0.15, 0.2) is 41.3 Å². The fourth-order valence-corrected chi connectivity index (χ4v) is 6.17. The smallest absolute Gasteiger partial charge is 0.338 e. The molecule has 0 aromatic heterocycles. The van der Waals surface area contributed by atoms with Crippen LogP contribution in [0.3, 0.4) is 0 Å². The van der Waals surface area contributed by atoms with Crippen LogP contribution in [0.1, 0.15) is 60.0 Å². The zero-order chi connectivity index (χ0) is 23.3. The maximum absolute atomic E-state index is 13.3. The minimum absolute atomic E-state index is 0.0773. The van der Waals surface area contributed by atoms with Crippen LogP contribution >= 0.6 is 0 Å². The lowest BCUT2D eigenvalue weighted by atomic mass is 9.96. The zero-order valence-corrected chi connectivity index (χ0v) is 19.8. The molecule has 0 radical (unpaired) electrons. The van der Waals surface area contributed by atoms with E-state index >= 15 is 0 Å². The highest BCUT2D eigenvalue weighted by molar-refractivity contribution is 7.92. The van der Waals surface area contributed by atoms with E-state index in [0.29, 0.717) is 18.7 Å². The van der Waals surface area contributed by atoms with E-state index in [0.717, 1.165) is 56.4 Å². The highest BCUT2D eigenvalue weighted by Gasteiger charge is 2.25. The van der Waals surface area contributed by atoms with Crippen molar-refractivity contribution >= 4 is 27.4 Å². The lowest BCUT2D eigenvalue weighted by Gasteiger charge is -2.26. The van der Waals surface area contributed by atoms with Crippen molar-refractivity contribution in [2.45, 2.75) is 56.3 Å². The maximum atomic E-state index is 13.3. The molecule has 0 spiro atoms.